The van der Waals surface area contributed by atoms with Gasteiger partial charge in [-0.05, 0) is 29.3 Å². The van der Waals surface area contributed by atoms with E-state index in [-0.39, 0.29) is 11.9 Å². The van der Waals surface area contributed by atoms with Crippen LogP contribution in [0.1, 0.15) is 17.2 Å². The minimum absolute atomic E-state index is 0.128. The Hall–Kier alpha value is -2.57. The van der Waals surface area contributed by atoms with Crippen molar-refractivity contribution in [1.82, 2.24) is 20.1 Å². The van der Waals surface area contributed by atoms with Crippen molar-refractivity contribution in [2.24, 2.45) is 0 Å². The number of hydrogen-bond donors (Lipinski definition) is 1. The number of likely N-dealkylation sites (N-methyl/N-ethyl adjacent to an activating group) is 1. The number of nitrogens with zero attached hydrogens (tertiary/aromatic N) is 3. The molecular weight excluding hydrogens is 387 g/mol. The van der Waals surface area contributed by atoms with Crippen molar-refractivity contribution in [2.75, 3.05) is 13.6 Å². The number of aromatic nitrogens is 1. The molecule has 0 saturated carbocycles. The molecule has 3 amide bonds. The summed E-state index contributed by atoms with van der Waals surface area (Å²) in [5.41, 5.74) is 2.79. The number of urea groups is 1. The van der Waals surface area contributed by atoms with E-state index < -0.39 is 6.04 Å². The van der Waals surface area contributed by atoms with Gasteiger partial charge in [0.25, 0.3) is 5.91 Å². The molecule has 0 saturated heterocycles. The van der Waals surface area contributed by atoms with E-state index in [4.69, 9.17) is 23.2 Å². The Kier molecular flexibility index (Phi) is 4.53. The second-order valence-corrected chi connectivity index (χ2v) is 7.33. The Morgan fingerprint density at radius 3 is 2.78 bits per heavy atom. The Labute approximate surface area is 166 Å². The first-order chi connectivity index (χ1) is 13.0. The van der Waals surface area contributed by atoms with Crippen LogP contribution in [0, 0.1) is 0 Å². The van der Waals surface area contributed by atoms with Gasteiger partial charge in [0.2, 0.25) is 0 Å². The molecule has 4 rings (SSSR count). The highest BCUT2D eigenvalue weighted by atomic mass is 35.5. The fourth-order valence-electron chi connectivity index (χ4n) is 3.43. The van der Waals surface area contributed by atoms with E-state index in [9.17, 15) is 9.59 Å². The molecule has 1 atom stereocenters. The zero-order valence-electron chi connectivity index (χ0n) is 14.4. The van der Waals surface area contributed by atoms with Crippen LogP contribution in [0.4, 0.5) is 4.79 Å². The molecule has 1 unspecified atom stereocenters. The summed E-state index contributed by atoms with van der Waals surface area (Å²) in [4.78, 5) is 32.9. The van der Waals surface area contributed by atoms with Gasteiger partial charge >= 0.3 is 6.03 Å². The Balaban J connectivity index is 1.71. The first-order valence-corrected chi connectivity index (χ1v) is 9.11. The van der Waals surface area contributed by atoms with Crippen molar-refractivity contribution in [1.29, 1.82) is 0 Å². The van der Waals surface area contributed by atoms with Crippen LogP contribution < -0.4 is 5.32 Å². The Morgan fingerprint density at radius 2 is 2.07 bits per heavy atom. The van der Waals surface area contributed by atoms with Gasteiger partial charge in [-0.1, -0.05) is 35.3 Å². The lowest BCUT2D eigenvalue weighted by atomic mass is 9.95. The molecule has 2 aromatic rings. The van der Waals surface area contributed by atoms with Gasteiger partial charge in [0, 0.05) is 36.0 Å². The molecule has 1 aromatic carbocycles. The molecule has 0 radical (unpaired) electrons. The van der Waals surface area contributed by atoms with Gasteiger partial charge in [0.1, 0.15) is 0 Å². The predicted octanol–water partition coefficient (Wildman–Crippen LogP) is 3.38. The van der Waals surface area contributed by atoms with E-state index in [2.05, 4.69) is 10.3 Å². The molecule has 27 heavy (non-hydrogen) atoms. The second-order valence-electron chi connectivity index (χ2n) is 6.49. The minimum atomic E-state index is -0.611. The van der Waals surface area contributed by atoms with E-state index in [1.54, 1.807) is 42.5 Å². The van der Waals surface area contributed by atoms with Crippen molar-refractivity contribution < 1.29 is 9.59 Å². The molecule has 0 bridgehead atoms. The molecule has 2 aliphatic rings. The van der Waals surface area contributed by atoms with E-state index in [1.165, 1.54) is 4.90 Å². The number of pyridine rings is 1. The smallest absolute Gasteiger partial charge is 0.322 e. The fourth-order valence-corrected chi connectivity index (χ4v) is 3.95. The summed E-state index contributed by atoms with van der Waals surface area (Å²) in [6.07, 6.45) is 3.42. The van der Waals surface area contributed by atoms with Gasteiger partial charge in [0.15, 0.2) is 0 Å². The van der Waals surface area contributed by atoms with Crippen LogP contribution in [-0.2, 0) is 11.3 Å². The van der Waals surface area contributed by atoms with E-state index in [0.717, 1.165) is 5.56 Å². The Morgan fingerprint density at radius 1 is 1.26 bits per heavy atom. The average Bonchev–Trinajstić information content (AvgIpc) is 2.96. The van der Waals surface area contributed by atoms with Crippen LogP contribution in [0.3, 0.4) is 0 Å². The van der Waals surface area contributed by atoms with Crippen molar-refractivity contribution in [3.8, 4) is 0 Å². The van der Waals surface area contributed by atoms with Crippen LogP contribution >= 0.6 is 23.2 Å². The number of hydrogen-bond acceptors (Lipinski definition) is 3. The van der Waals surface area contributed by atoms with Gasteiger partial charge in [-0.3, -0.25) is 14.7 Å². The van der Waals surface area contributed by atoms with Crippen molar-refractivity contribution in [3.63, 3.8) is 0 Å². The summed E-state index contributed by atoms with van der Waals surface area (Å²) >= 11 is 12.3. The van der Waals surface area contributed by atoms with Crippen LogP contribution in [0.2, 0.25) is 10.0 Å². The lowest BCUT2D eigenvalue weighted by Crippen LogP contribution is -2.45. The summed E-state index contributed by atoms with van der Waals surface area (Å²) in [6, 6.07) is 7.90. The second kappa shape index (κ2) is 6.87. The maximum atomic E-state index is 13.2. The normalized spacial score (nSPS) is 19.4. The largest absolute Gasteiger partial charge is 0.329 e. The number of halogens is 2. The monoisotopic (exact) mass is 402 g/mol. The summed E-state index contributed by atoms with van der Waals surface area (Å²) in [5.74, 6) is -0.128. The van der Waals surface area contributed by atoms with Gasteiger partial charge in [-0.15, -0.1) is 0 Å². The van der Waals surface area contributed by atoms with Gasteiger partial charge < -0.3 is 10.2 Å². The van der Waals surface area contributed by atoms with E-state index >= 15 is 0 Å². The van der Waals surface area contributed by atoms with Crippen LogP contribution in [0.5, 0.6) is 0 Å². The van der Waals surface area contributed by atoms with Gasteiger partial charge in [-0.25, -0.2) is 4.79 Å². The topological polar surface area (TPSA) is 65.5 Å². The van der Waals surface area contributed by atoms with Gasteiger partial charge in [-0.2, -0.15) is 0 Å². The number of carbonyl (C=O) groups is 2. The maximum Gasteiger partial charge on any atom is 0.322 e. The van der Waals surface area contributed by atoms with E-state index in [0.29, 0.717) is 40.0 Å². The number of benzene rings is 1. The zero-order valence-corrected chi connectivity index (χ0v) is 16.0. The zero-order chi connectivity index (χ0) is 19.1. The number of carbonyl (C=O) groups excluding carboxylic acids is 2. The third kappa shape index (κ3) is 3.15. The number of nitrogens with one attached hydrogen (secondary N) is 1. The molecular formula is C19H16Cl2N4O2. The van der Waals surface area contributed by atoms with Gasteiger partial charge in [0.05, 0.1) is 23.9 Å². The molecule has 0 aliphatic carbocycles. The first kappa shape index (κ1) is 17.8. The summed E-state index contributed by atoms with van der Waals surface area (Å²) in [5, 5.41) is 3.77. The maximum absolute atomic E-state index is 13.2. The molecule has 0 fully saturated rings. The first-order valence-electron chi connectivity index (χ1n) is 8.36. The summed E-state index contributed by atoms with van der Waals surface area (Å²) in [6.45, 7) is 0.775. The fraction of sp³-hybridized carbons (Fsp3) is 0.211. The molecule has 8 heteroatoms. The molecule has 138 valence electrons. The average molecular weight is 403 g/mol. The van der Waals surface area contributed by atoms with Crippen LogP contribution in [-0.4, -0.2) is 40.3 Å². The molecule has 1 aromatic heterocycles. The van der Waals surface area contributed by atoms with Crippen molar-refractivity contribution in [2.45, 2.75) is 12.6 Å². The summed E-state index contributed by atoms with van der Waals surface area (Å²) < 4.78 is 0. The van der Waals surface area contributed by atoms with E-state index in [1.807, 2.05) is 12.1 Å². The predicted molar refractivity (Wildman–Crippen MR) is 102 cm³/mol. The highest BCUT2D eigenvalue weighted by Crippen LogP contribution is 2.39. The molecule has 3 heterocycles. The summed E-state index contributed by atoms with van der Waals surface area (Å²) in [7, 11) is 1.66. The molecule has 0 spiro atoms. The van der Waals surface area contributed by atoms with Crippen molar-refractivity contribution in [3.05, 3.63) is 75.2 Å². The lowest BCUT2D eigenvalue weighted by Gasteiger charge is -2.31. The van der Waals surface area contributed by atoms with Crippen LogP contribution in [0.15, 0.2) is 54.0 Å². The number of amides is 3. The molecule has 6 nitrogen and oxygen atoms in total. The SMILES string of the molecule is CN1C(=O)NC(c2ccc(Cl)cc2Cl)C2=C1CN(Cc1cccnc1)C2=O. The Bertz CT molecular complexity index is 961. The highest BCUT2D eigenvalue weighted by Gasteiger charge is 2.43. The third-order valence-corrected chi connectivity index (χ3v) is 5.37. The lowest BCUT2D eigenvalue weighted by molar-refractivity contribution is -0.126. The standard InChI is InChI=1S/C19H16Cl2N4O2/c1-24-15-10-25(9-11-3-2-6-22-8-11)18(26)16(15)17(23-19(24)27)13-5-4-12(20)7-14(13)21/h2-8,17H,9-10H2,1H3,(H,23,27). The highest BCUT2D eigenvalue weighted by molar-refractivity contribution is 6.35. The minimum Gasteiger partial charge on any atom is -0.329 e. The number of rotatable bonds is 3. The molecule has 1 N–H and O–H groups in total. The molecule has 2 aliphatic heterocycles. The third-order valence-electron chi connectivity index (χ3n) is 4.80. The van der Waals surface area contributed by atoms with Crippen LogP contribution in [0.25, 0.3) is 0 Å². The van der Waals surface area contributed by atoms with Crippen molar-refractivity contribution >= 4 is 35.1 Å². The quantitative estimate of drug-likeness (QED) is 0.855.